The molecule has 0 radical (unpaired) electrons. The van der Waals surface area contributed by atoms with Crippen molar-refractivity contribution in [2.75, 3.05) is 44.7 Å². The highest BCUT2D eigenvalue weighted by molar-refractivity contribution is 7.71. The van der Waals surface area contributed by atoms with Gasteiger partial charge in [-0.2, -0.15) is 0 Å². The van der Waals surface area contributed by atoms with Crippen LogP contribution in [0.15, 0.2) is 10.9 Å². The zero-order valence-electron chi connectivity index (χ0n) is 11.9. The van der Waals surface area contributed by atoms with E-state index < -0.39 is 0 Å². The van der Waals surface area contributed by atoms with E-state index in [1.807, 2.05) is 0 Å². The Morgan fingerprint density at radius 1 is 1.21 bits per heavy atom. The molecule has 0 heterocycles. The standard InChI is InChI=1S/C14H24N2O2S/c1-3-6-16(7-4-2)8-10-18-9-5-15-12-11-13(19)14(12)17/h11,15H,3-10H2,1-2H3. The van der Waals surface area contributed by atoms with Crippen LogP contribution in [0.2, 0.25) is 0 Å². The molecule has 0 unspecified atom stereocenters. The van der Waals surface area contributed by atoms with Gasteiger partial charge in [0.2, 0.25) is 5.43 Å². The summed E-state index contributed by atoms with van der Waals surface area (Å²) in [4.78, 5) is 13.6. The molecular formula is C14H24N2O2S. The first kappa shape index (κ1) is 16.3. The van der Waals surface area contributed by atoms with Crippen molar-refractivity contribution in [3.63, 3.8) is 0 Å². The minimum atomic E-state index is -0.0490. The molecule has 0 aliphatic rings. The summed E-state index contributed by atoms with van der Waals surface area (Å²) >= 11 is 4.78. The molecule has 19 heavy (non-hydrogen) atoms. The zero-order valence-corrected chi connectivity index (χ0v) is 12.7. The number of nitrogens with zero attached hydrogens (tertiary/aromatic N) is 1. The molecule has 1 rings (SSSR count). The highest BCUT2D eigenvalue weighted by Crippen LogP contribution is 2.02. The lowest BCUT2D eigenvalue weighted by Gasteiger charge is -2.20. The van der Waals surface area contributed by atoms with E-state index in [4.69, 9.17) is 17.0 Å². The third-order valence-electron chi connectivity index (χ3n) is 2.94. The molecule has 0 aliphatic carbocycles. The number of anilines is 1. The van der Waals surface area contributed by atoms with Crippen molar-refractivity contribution in [3.8, 4) is 0 Å². The van der Waals surface area contributed by atoms with Crippen LogP contribution >= 0.6 is 12.2 Å². The Labute approximate surface area is 120 Å². The Hall–Kier alpha value is -0.780. The third-order valence-corrected chi connectivity index (χ3v) is 3.24. The maximum atomic E-state index is 11.2. The quantitative estimate of drug-likeness (QED) is 0.498. The summed E-state index contributed by atoms with van der Waals surface area (Å²) in [7, 11) is 0. The van der Waals surface area contributed by atoms with E-state index in [2.05, 4.69) is 24.1 Å². The highest BCUT2D eigenvalue weighted by atomic mass is 32.1. The number of hydrogen-bond donors (Lipinski definition) is 1. The topological polar surface area (TPSA) is 41.6 Å². The van der Waals surface area contributed by atoms with Crippen LogP contribution in [-0.4, -0.2) is 44.3 Å². The molecular weight excluding hydrogens is 260 g/mol. The normalized spacial score (nSPS) is 11.3. The SMILES string of the molecule is CCCN(CCC)CCOCCNc1cc(=S)c1=O. The maximum absolute atomic E-state index is 11.2. The molecule has 108 valence electrons. The van der Waals surface area contributed by atoms with Gasteiger partial charge in [-0.1, -0.05) is 26.1 Å². The summed E-state index contributed by atoms with van der Waals surface area (Å²) in [6, 6.07) is 1.70. The van der Waals surface area contributed by atoms with E-state index in [9.17, 15) is 4.79 Å². The number of nitrogens with one attached hydrogen (secondary N) is 1. The molecule has 4 nitrogen and oxygen atoms in total. The maximum Gasteiger partial charge on any atom is 0.219 e. The van der Waals surface area contributed by atoms with Crippen LogP contribution in [0.5, 0.6) is 0 Å². The molecule has 1 N–H and O–H groups in total. The molecule has 0 saturated carbocycles. The van der Waals surface area contributed by atoms with Crippen molar-refractivity contribution in [2.24, 2.45) is 0 Å². The van der Waals surface area contributed by atoms with Gasteiger partial charge in [0.05, 0.1) is 23.4 Å². The summed E-state index contributed by atoms with van der Waals surface area (Å²) in [5, 5.41) is 3.02. The van der Waals surface area contributed by atoms with Crippen LogP contribution in [0, 0.1) is 4.51 Å². The van der Waals surface area contributed by atoms with Crippen molar-refractivity contribution in [1.29, 1.82) is 0 Å². The fourth-order valence-electron chi connectivity index (χ4n) is 1.97. The summed E-state index contributed by atoms with van der Waals surface area (Å²) in [6.07, 6.45) is 2.36. The molecule has 1 aromatic rings. The molecule has 0 fully saturated rings. The minimum Gasteiger partial charge on any atom is -0.379 e. The van der Waals surface area contributed by atoms with E-state index in [0.717, 1.165) is 26.2 Å². The first-order valence-electron chi connectivity index (χ1n) is 7.03. The van der Waals surface area contributed by atoms with E-state index in [0.29, 0.717) is 23.3 Å². The molecule has 0 amide bonds. The largest absolute Gasteiger partial charge is 0.379 e. The minimum absolute atomic E-state index is 0.0490. The second kappa shape index (κ2) is 9.18. The van der Waals surface area contributed by atoms with Gasteiger partial charge in [-0.25, -0.2) is 0 Å². The summed E-state index contributed by atoms with van der Waals surface area (Å²) in [5.74, 6) is 0. The van der Waals surface area contributed by atoms with Gasteiger partial charge < -0.3 is 15.0 Å². The van der Waals surface area contributed by atoms with Crippen molar-refractivity contribution < 1.29 is 4.74 Å². The molecule has 0 atom stereocenters. The fraction of sp³-hybridized carbons (Fsp3) is 0.714. The zero-order chi connectivity index (χ0) is 14.1. The van der Waals surface area contributed by atoms with E-state index in [1.54, 1.807) is 6.07 Å². The summed E-state index contributed by atoms with van der Waals surface area (Å²) < 4.78 is 5.98. The Morgan fingerprint density at radius 3 is 2.42 bits per heavy atom. The second-order valence-electron chi connectivity index (χ2n) is 4.63. The predicted octanol–water partition coefficient (Wildman–Crippen LogP) is 2.20. The van der Waals surface area contributed by atoms with Gasteiger partial charge in [-0.3, -0.25) is 4.79 Å². The van der Waals surface area contributed by atoms with E-state index in [1.165, 1.54) is 12.8 Å². The third kappa shape index (κ3) is 5.80. The van der Waals surface area contributed by atoms with Crippen LogP contribution in [0.3, 0.4) is 0 Å². The van der Waals surface area contributed by atoms with Gasteiger partial charge in [0.1, 0.15) is 0 Å². The number of rotatable bonds is 11. The van der Waals surface area contributed by atoms with Crippen molar-refractivity contribution in [2.45, 2.75) is 26.7 Å². The lowest BCUT2D eigenvalue weighted by molar-refractivity contribution is 0.111. The first-order chi connectivity index (χ1) is 9.19. The molecule has 0 aliphatic heterocycles. The van der Waals surface area contributed by atoms with E-state index >= 15 is 0 Å². The van der Waals surface area contributed by atoms with Gasteiger partial charge >= 0.3 is 0 Å². The van der Waals surface area contributed by atoms with Crippen molar-refractivity contribution in [1.82, 2.24) is 4.90 Å². The lowest BCUT2D eigenvalue weighted by atomic mass is 10.3. The van der Waals surface area contributed by atoms with Gasteiger partial charge in [-0.05, 0) is 32.0 Å². The Bertz CT molecular complexity index is 421. The predicted molar refractivity (Wildman–Crippen MR) is 82.2 cm³/mol. The van der Waals surface area contributed by atoms with Crippen LogP contribution in [0.1, 0.15) is 26.7 Å². The Balaban J connectivity index is 2.03. The molecule has 5 heteroatoms. The van der Waals surface area contributed by atoms with Crippen LogP contribution in [0.4, 0.5) is 5.69 Å². The highest BCUT2D eigenvalue weighted by Gasteiger charge is 2.05. The Morgan fingerprint density at radius 2 is 1.89 bits per heavy atom. The van der Waals surface area contributed by atoms with Crippen molar-refractivity contribution >= 4 is 17.9 Å². The van der Waals surface area contributed by atoms with E-state index in [-0.39, 0.29) is 5.43 Å². The molecule has 0 aromatic heterocycles. The van der Waals surface area contributed by atoms with Gasteiger partial charge in [0, 0.05) is 13.1 Å². The number of ether oxygens (including phenoxy) is 1. The molecule has 1 aromatic carbocycles. The van der Waals surface area contributed by atoms with Crippen LogP contribution in [0.25, 0.3) is 0 Å². The van der Waals surface area contributed by atoms with Crippen LogP contribution in [-0.2, 0) is 4.74 Å². The monoisotopic (exact) mass is 284 g/mol. The Kier molecular flexibility index (Phi) is 7.86. The van der Waals surface area contributed by atoms with Crippen molar-refractivity contribution in [3.05, 3.63) is 20.8 Å². The average Bonchev–Trinajstić information content (AvgIpc) is 2.41. The van der Waals surface area contributed by atoms with Gasteiger partial charge in [0.15, 0.2) is 0 Å². The first-order valence-corrected chi connectivity index (χ1v) is 7.44. The average molecular weight is 284 g/mol. The lowest BCUT2D eigenvalue weighted by Crippen LogP contribution is -2.29. The summed E-state index contributed by atoms with van der Waals surface area (Å²) in [6.45, 7) is 9.65. The number of hydrogen-bond acceptors (Lipinski definition) is 5. The molecule has 0 saturated heterocycles. The van der Waals surface area contributed by atoms with Gasteiger partial charge in [-0.15, -0.1) is 0 Å². The smallest absolute Gasteiger partial charge is 0.219 e. The molecule has 0 bridgehead atoms. The molecule has 0 spiro atoms. The summed E-state index contributed by atoms with van der Waals surface area (Å²) in [5.41, 5.74) is 0.569. The second-order valence-corrected chi connectivity index (χ2v) is 5.07. The van der Waals surface area contributed by atoms with Crippen LogP contribution < -0.4 is 10.7 Å². The fourth-order valence-corrected chi connectivity index (χ4v) is 2.20. The van der Waals surface area contributed by atoms with Gasteiger partial charge in [0.25, 0.3) is 0 Å².